The fraction of sp³-hybridized carbons (Fsp3) is 0.238. The number of ether oxygens (including phenoxy) is 3. The Bertz CT molecular complexity index is 1040. The number of hydrogen-bond donors (Lipinski definition) is 0. The van der Waals surface area contributed by atoms with Crippen LogP contribution in [0.25, 0.3) is 6.08 Å². The lowest BCUT2D eigenvalue weighted by Gasteiger charge is -2.14. The number of hydrogen-bond acceptors (Lipinski definition) is 6. The molecule has 1 aliphatic rings. The molecule has 1 saturated heterocycles. The third-order valence-corrected chi connectivity index (χ3v) is 6.24. The van der Waals surface area contributed by atoms with Crippen LogP contribution in [0, 0.1) is 0 Å². The number of halogens is 3. The fourth-order valence-electron chi connectivity index (χ4n) is 2.77. The highest BCUT2D eigenvalue weighted by Gasteiger charge is 2.34. The number of nitrogens with zero attached hydrogens (tertiary/aromatic N) is 1. The van der Waals surface area contributed by atoms with Gasteiger partial charge in [0.1, 0.15) is 6.61 Å². The largest absolute Gasteiger partial charge is 0.493 e. The summed E-state index contributed by atoms with van der Waals surface area (Å²) < 4.78 is 16.2. The minimum atomic E-state index is -0.373. The van der Waals surface area contributed by atoms with Gasteiger partial charge < -0.3 is 14.2 Å². The van der Waals surface area contributed by atoms with Crippen LogP contribution >= 0.6 is 46.6 Å². The number of benzene rings is 2. The van der Waals surface area contributed by atoms with Gasteiger partial charge >= 0.3 is 0 Å². The van der Waals surface area contributed by atoms with Crippen LogP contribution in [0.3, 0.4) is 0 Å². The average molecular weight is 503 g/mol. The maximum absolute atomic E-state index is 12.5. The van der Waals surface area contributed by atoms with Crippen molar-refractivity contribution < 1.29 is 23.8 Å². The van der Waals surface area contributed by atoms with Crippen molar-refractivity contribution in [2.24, 2.45) is 0 Å². The highest BCUT2D eigenvalue weighted by atomic mass is 35.5. The van der Waals surface area contributed by atoms with Gasteiger partial charge in [-0.3, -0.25) is 14.5 Å². The average Bonchev–Trinajstić information content (AvgIpc) is 3.00. The molecular formula is C21H18Cl3NO5S. The normalized spacial score (nSPS) is 15.1. The molecule has 2 aromatic carbocycles. The molecular weight excluding hydrogens is 485 g/mol. The first-order chi connectivity index (χ1) is 14.8. The smallest absolute Gasteiger partial charge is 0.293 e. The third kappa shape index (κ3) is 5.67. The standard InChI is InChI=1S/C21H18Cl3NO5S/c1-28-6-5-25-20(26)18(31-21(25)27)10-13-8-16(24)19(17(9-13)29-2)30-11-12-3-4-14(22)15(23)7-12/h3-4,7-10H,5-6,11H2,1-2H3/b18-10+. The van der Waals surface area contributed by atoms with Crippen molar-refractivity contribution in [3.8, 4) is 11.5 Å². The van der Waals surface area contributed by atoms with Crippen LogP contribution in [0.2, 0.25) is 15.1 Å². The second-order valence-electron chi connectivity index (χ2n) is 6.40. The number of thioether (sulfide) groups is 1. The Morgan fingerprint density at radius 1 is 1.03 bits per heavy atom. The topological polar surface area (TPSA) is 65.1 Å². The maximum Gasteiger partial charge on any atom is 0.293 e. The molecule has 1 fully saturated rings. The first kappa shape index (κ1) is 23.8. The highest BCUT2D eigenvalue weighted by molar-refractivity contribution is 8.18. The van der Waals surface area contributed by atoms with E-state index in [1.54, 1.807) is 36.4 Å². The Balaban J connectivity index is 1.80. The monoisotopic (exact) mass is 501 g/mol. The van der Waals surface area contributed by atoms with Gasteiger partial charge in [0, 0.05) is 7.11 Å². The van der Waals surface area contributed by atoms with Crippen LogP contribution in [-0.2, 0) is 16.1 Å². The minimum absolute atomic E-state index is 0.198. The number of methoxy groups -OCH3 is 2. The van der Waals surface area contributed by atoms with E-state index in [1.165, 1.54) is 14.2 Å². The van der Waals surface area contributed by atoms with Crippen molar-refractivity contribution in [1.82, 2.24) is 4.90 Å². The predicted octanol–water partition coefficient (Wildman–Crippen LogP) is 5.92. The molecule has 1 aliphatic heterocycles. The maximum atomic E-state index is 12.5. The van der Waals surface area contributed by atoms with Crippen LogP contribution < -0.4 is 9.47 Å². The Morgan fingerprint density at radius 2 is 1.81 bits per heavy atom. The summed E-state index contributed by atoms with van der Waals surface area (Å²) in [5.41, 5.74) is 1.40. The molecule has 2 aromatic rings. The van der Waals surface area contributed by atoms with Crippen molar-refractivity contribution in [2.75, 3.05) is 27.4 Å². The van der Waals surface area contributed by atoms with Crippen molar-refractivity contribution >= 4 is 63.8 Å². The lowest BCUT2D eigenvalue weighted by molar-refractivity contribution is -0.123. The van der Waals surface area contributed by atoms with Gasteiger partial charge in [-0.15, -0.1) is 0 Å². The molecule has 6 nitrogen and oxygen atoms in total. The van der Waals surface area contributed by atoms with Crippen LogP contribution in [0.1, 0.15) is 11.1 Å². The molecule has 10 heteroatoms. The summed E-state index contributed by atoms with van der Waals surface area (Å²) in [4.78, 5) is 26.0. The Hall–Kier alpha value is -1.90. The molecule has 0 radical (unpaired) electrons. The molecule has 0 N–H and O–H groups in total. The van der Waals surface area contributed by atoms with E-state index < -0.39 is 0 Å². The van der Waals surface area contributed by atoms with Gasteiger partial charge in [-0.2, -0.15) is 0 Å². The quantitative estimate of drug-likeness (QED) is 0.418. The lowest BCUT2D eigenvalue weighted by Crippen LogP contribution is -2.31. The summed E-state index contributed by atoms with van der Waals surface area (Å²) in [7, 11) is 2.99. The van der Waals surface area contributed by atoms with Gasteiger partial charge in [-0.1, -0.05) is 40.9 Å². The summed E-state index contributed by atoms with van der Waals surface area (Å²) in [6.07, 6.45) is 1.59. The summed E-state index contributed by atoms with van der Waals surface area (Å²) in [6, 6.07) is 8.50. The predicted molar refractivity (Wildman–Crippen MR) is 123 cm³/mol. The van der Waals surface area contributed by atoms with Crippen molar-refractivity contribution in [1.29, 1.82) is 0 Å². The van der Waals surface area contributed by atoms with Crippen LogP contribution in [0.5, 0.6) is 11.5 Å². The number of imide groups is 1. The van der Waals surface area contributed by atoms with E-state index in [1.807, 2.05) is 0 Å². The minimum Gasteiger partial charge on any atom is -0.493 e. The first-order valence-electron chi connectivity index (χ1n) is 9.02. The second-order valence-corrected chi connectivity index (χ2v) is 8.61. The molecule has 0 saturated carbocycles. The van der Waals surface area contributed by atoms with E-state index in [2.05, 4.69) is 0 Å². The lowest BCUT2D eigenvalue weighted by atomic mass is 10.1. The highest BCUT2D eigenvalue weighted by Crippen LogP contribution is 2.39. The molecule has 0 spiro atoms. The molecule has 164 valence electrons. The SMILES string of the molecule is COCCN1C(=O)S/C(=C/c2cc(Cl)c(OCc3ccc(Cl)c(Cl)c3)c(OC)c2)C1=O. The van der Waals surface area contributed by atoms with E-state index in [9.17, 15) is 9.59 Å². The molecule has 0 aromatic heterocycles. The van der Waals surface area contributed by atoms with E-state index in [-0.39, 0.29) is 30.9 Å². The number of rotatable bonds is 8. The summed E-state index contributed by atoms with van der Waals surface area (Å²) >= 11 is 19.3. The molecule has 31 heavy (non-hydrogen) atoms. The van der Waals surface area contributed by atoms with E-state index in [4.69, 9.17) is 49.0 Å². The van der Waals surface area contributed by atoms with Gasteiger partial charge in [0.15, 0.2) is 11.5 Å². The van der Waals surface area contributed by atoms with Crippen molar-refractivity contribution in [3.63, 3.8) is 0 Å². The van der Waals surface area contributed by atoms with Gasteiger partial charge in [0.2, 0.25) is 0 Å². The van der Waals surface area contributed by atoms with Gasteiger partial charge in [0.05, 0.1) is 40.2 Å². The Kier molecular flexibility index (Phi) is 8.13. The molecule has 1 heterocycles. The first-order valence-corrected chi connectivity index (χ1v) is 11.0. The van der Waals surface area contributed by atoms with Crippen molar-refractivity contribution in [2.45, 2.75) is 6.61 Å². The zero-order chi connectivity index (χ0) is 22.5. The van der Waals surface area contributed by atoms with Gasteiger partial charge in [-0.25, -0.2) is 0 Å². The fourth-order valence-corrected chi connectivity index (χ4v) is 4.23. The molecule has 0 aliphatic carbocycles. The van der Waals surface area contributed by atoms with Crippen LogP contribution in [0.4, 0.5) is 4.79 Å². The number of carbonyl (C=O) groups excluding carboxylic acids is 2. The molecule has 0 bridgehead atoms. The second kappa shape index (κ2) is 10.6. The van der Waals surface area contributed by atoms with E-state index >= 15 is 0 Å². The Labute approximate surface area is 199 Å². The van der Waals surface area contributed by atoms with Crippen LogP contribution in [0.15, 0.2) is 35.2 Å². The zero-order valence-electron chi connectivity index (χ0n) is 16.6. The van der Waals surface area contributed by atoms with Crippen LogP contribution in [-0.4, -0.2) is 43.4 Å². The van der Waals surface area contributed by atoms with Gasteiger partial charge in [0.25, 0.3) is 11.1 Å². The summed E-state index contributed by atoms with van der Waals surface area (Å²) in [5, 5.41) is 0.838. The van der Waals surface area contributed by atoms with E-state index in [0.29, 0.717) is 37.0 Å². The van der Waals surface area contributed by atoms with Crippen molar-refractivity contribution in [3.05, 3.63) is 61.4 Å². The molecule has 0 unspecified atom stereocenters. The zero-order valence-corrected chi connectivity index (χ0v) is 19.7. The molecule has 2 amide bonds. The van der Waals surface area contributed by atoms with E-state index in [0.717, 1.165) is 22.2 Å². The summed E-state index contributed by atoms with van der Waals surface area (Å²) in [5.74, 6) is 0.361. The number of amides is 2. The molecule has 3 rings (SSSR count). The molecule has 0 atom stereocenters. The summed E-state index contributed by atoms with van der Waals surface area (Å²) in [6.45, 7) is 0.671. The third-order valence-electron chi connectivity index (χ3n) is 4.31. The number of carbonyl (C=O) groups is 2. The van der Waals surface area contributed by atoms with Gasteiger partial charge in [-0.05, 0) is 53.2 Å². The Morgan fingerprint density at radius 3 is 2.48 bits per heavy atom.